The minimum Gasteiger partial charge on any atom is -0.379 e. The van der Waals surface area contributed by atoms with Crippen molar-refractivity contribution < 1.29 is 27.0 Å². The molecule has 8 heteroatoms. The molecule has 2 saturated heterocycles. The summed E-state index contributed by atoms with van der Waals surface area (Å²) in [5, 5.41) is 0. The van der Waals surface area contributed by atoms with Gasteiger partial charge in [0.1, 0.15) is 5.82 Å². The van der Waals surface area contributed by atoms with E-state index in [1.807, 2.05) is 6.92 Å². The Kier molecular flexibility index (Phi) is 5.22. The van der Waals surface area contributed by atoms with E-state index in [-0.39, 0.29) is 30.8 Å². The Hall–Kier alpha value is -1.06. The third kappa shape index (κ3) is 3.34. The van der Waals surface area contributed by atoms with Crippen LogP contribution >= 0.6 is 0 Å². The van der Waals surface area contributed by atoms with E-state index in [4.69, 9.17) is 14.2 Å². The van der Waals surface area contributed by atoms with Gasteiger partial charge in [-0.25, -0.2) is 12.8 Å². The molecule has 1 spiro atoms. The molecule has 3 rings (SSSR count). The molecule has 0 aliphatic carbocycles. The maximum absolute atomic E-state index is 13.5. The molecule has 0 saturated carbocycles. The van der Waals surface area contributed by atoms with Crippen molar-refractivity contribution in [2.45, 2.75) is 29.9 Å². The zero-order valence-electron chi connectivity index (χ0n) is 13.6. The molecule has 134 valence electrons. The molecule has 0 aromatic heterocycles. The van der Waals surface area contributed by atoms with E-state index in [1.165, 1.54) is 22.5 Å². The number of hydrogen-bond donors (Lipinski definition) is 0. The fraction of sp³-hybridized carbons (Fsp3) is 0.625. The number of nitrogens with zero attached hydrogens (tertiary/aromatic N) is 1. The van der Waals surface area contributed by atoms with Crippen LogP contribution in [0.2, 0.25) is 0 Å². The summed E-state index contributed by atoms with van der Waals surface area (Å²) in [5.74, 6) is -0.574. The molecule has 0 amide bonds. The number of hydrogen-bond acceptors (Lipinski definition) is 5. The molecule has 1 aromatic rings. The third-order valence-corrected chi connectivity index (χ3v) is 6.43. The highest BCUT2D eigenvalue weighted by molar-refractivity contribution is 7.89. The summed E-state index contributed by atoms with van der Waals surface area (Å²) in [7, 11) is -3.83. The van der Waals surface area contributed by atoms with Crippen LogP contribution in [0.5, 0.6) is 0 Å². The van der Waals surface area contributed by atoms with Crippen LogP contribution in [0, 0.1) is 5.82 Å². The van der Waals surface area contributed by atoms with Crippen LogP contribution in [-0.2, 0) is 24.2 Å². The van der Waals surface area contributed by atoms with Crippen molar-refractivity contribution >= 4 is 10.0 Å². The van der Waals surface area contributed by atoms with E-state index in [1.54, 1.807) is 0 Å². The zero-order chi connectivity index (χ0) is 17.2. The summed E-state index contributed by atoms with van der Waals surface area (Å²) in [5.41, 5.74) is -0.759. The maximum atomic E-state index is 13.5. The zero-order valence-corrected chi connectivity index (χ0v) is 14.4. The van der Waals surface area contributed by atoms with Crippen molar-refractivity contribution in [1.29, 1.82) is 0 Å². The van der Waals surface area contributed by atoms with E-state index in [0.717, 1.165) is 6.07 Å². The molecule has 2 aliphatic heterocycles. The number of sulfonamides is 1. The van der Waals surface area contributed by atoms with Crippen molar-refractivity contribution in [2.24, 2.45) is 0 Å². The molecule has 0 radical (unpaired) electrons. The molecule has 24 heavy (non-hydrogen) atoms. The smallest absolute Gasteiger partial charge is 0.243 e. The van der Waals surface area contributed by atoms with Crippen LogP contribution in [-0.4, -0.2) is 63.9 Å². The summed E-state index contributed by atoms with van der Waals surface area (Å²) in [6.07, 6.45) is 0.332. The van der Waals surface area contributed by atoms with Crippen LogP contribution in [0.25, 0.3) is 0 Å². The highest BCUT2D eigenvalue weighted by Gasteiger charge is 2.51. The van der Waals surface area contributed by atoms with E-state index in [0.29, 0.717) is 26.2 Å². The lowest BCUT2D eigenvalue weighted by Crippen LogP contribution is -2.59. The Morgan fingerprint density at radius 3 is 3.00 bits per heavy atom. The van der Waals surface area contributed by atoms with Crippen LogP contribution < -0.4 is 0 Å². The van der Waals surface area contributed by atoms with E-state index < -0.39 is 21.4 Å². The fourth-order valence-electron chi connectivity index (χ4n) is 3.29. The van der Waals surface area contributed by atoms with Crippen LogP contribution in [0.1, 0.15) is 13.3 Å². The summed E-state index contributed by atoms with van der Waals surface area (Å²) in [4.78, 5) is -0.0444. The van der Waals surface area contributed by atoms with Crippen LogP contribution in [0.15, 0.2) is 29.2 Å². The quantitative estimate of drug-likeness (QED) is 0.795. The Morgan fingerprint density at radius 2 is 2.25 bits per heavy atom. The Morgan fingerprint density at radius 1 is 1.42 bits per heavy atom. The average molecular weight is 359 g/mol. The van der Waals surface area contributed by atoms with Crippen LogP contribution in [0.3, 0.4) is 0 Å². The molecule has 6 nitrogen and oxygen atoms in total. The predicted molar refractivity (Wildman–Crippen MR) is 84.7 cm³/mol. The monoisotopic (exact) mass is 359 g/mol. The first-order valence-corrected chi connectivity index (χ1v) is 9.47. The second-order valence-electron chi connectivity index (χ2n) is 6.11. The third-order valence-electron chi connectivity index (χ3n) is 4.43. The van der Waals surface area contributed by atoms with Gasteiger partial charge in [0.15, 0.2) is 0 Å². The van der Waals surface area contributed by atoms with Crippen LogP contribution in [0.4, 0.5) is 4.39 Å². The highest BCUT2D eigenvalue weighted by Crippen LogP contribution is 2.37. The van der Waals surface area contributed by atoms with Gasteiger partial charge in [0.05, 0.1) is 43.0 Å². The van der Waals surface area contributed by atoms with E-state index in [2.05, 4.69) is 0 Å². The minimum absolute atomic E-state index is 0.0444. The van der Waals surface area contributed by atoms with Gasteiger partial charge < -0.3 is 14.2 Å². The minimum atomic E-state index is -3.83. The Bertz CT molecular complexity index is 683. The van der Waals surface area contributed by atoms with Crippen molar-refractivity contribution in [1.82, 2.24) is 4.31 Å². The predicted octanol–water partition coefficient (Wildman–Crippen LogP) is 1.41. The van der Waals surface area contributed by atoms with Crippen molar-refractivity contribution in [3.05, 3.63) is 30.1 Å². The summed E-state index contributed by atoms with van der Waals surface area (Å²) in [6.45, 7) is 3.95. The summed E-state index contributed by atoms with van der Waals surface area (Å²) in [6, 6.07) is 5.09. The molecule has 0 bridgehead atoms. The van der Waals surface area contributed by atoms with Gasteiger partial charge in [0.2, 0.25) is 10.0 Å². The lowest BCUT2D eigenvalue weighted by Gasteiger charge is -2.42. The molecule has 2 fully saturated rings. The molecule has 0 unspecified atom stereocenters. The molecule has 0 N–H and O–H groups in total. The standard InChI is InChI=1S/C16H22FNO5S/c1-2-21-10-14-9-16(12-23-14)11-22-7-6-18(16)24(19,20)15-5-3-4-13(17)8-15/h3-5,8,14H,2,6-7,9-12H2,1H3/t14-,16+/m1/s1. The molecular formula is C16H22FNO5S. The maximum Gasteiger partial charge on any atom is 0.243 e. The van der Waals surface area contributed by atoms with Gasteiger partial charge in [-0.1, -0.05) is 6.07 Å². The molecule has 1 aromatic carbocycles. The number of benzene rings is 1. The topological polar surface area (TPSA) is 65.1 Å². The fourth-order valence-corrected chi connectivity index (χ4v) is 5.07. The average Bonchev–Trinajstić information content (AvgIpc) is 2.96. The highest BCUT2D eigenvalue weighted by atomic mass is 32.2. The first-order valence-electron chi connectivity index (χ1n) is 8.03. The second kappa shape index (κ2) is 7.05. The normalized spacial score (nSPS) is 28.5. The molecule has 2 aliphatic rings. The van der Waals surface area contributed by atoms with Gasteiger partial charge in [0, 0.05) is 13.2 Å². The summed E-state index contributed by atoms with van der Waals surface area (Å²) >= 11 is 0. The van der Waals surface area contributed by atoms with E-state index >= 15 is 0 Å². The molecular weight excluding hydrogens is 337 g/mol. The lowest BCUT2D eigenvalue weighted by atomic mass is 9.96. The molecule has 2 atom stereocenters. The van der Waals surface area contributed by atoms with Gasteiger partial charge >= 0.3 is 0 Å². The SMILES string of the molecule is CCOC[C@H]1C[C@]2(COCCN2S(=O)(=O)c2cccc(F)c2)CO1. The largest absolute Gasteiger partial charge is 0.379 e. The Balaban J connectivity index is 1.87. The number of ether oxygens (including phenoxy) is 3. The number of morpholine rings is 1. The summed E-state index contributed by atoms with van der Waals surface area (Å²) < 4.78 is 57.7. The first-order chi connectivity index (χ1) is 11.5. The van der Waals surface area contributed by atoms with Gasteiger partial charge in [-0.3, -0.25) is 0 Å². The molecule has 2 heterocycles. The second-order valence-corrected chi connectivity index (χ2v) is 7.97. The lowest BCUT2D eigenvalue weighted by molar-refractivity contribution is -0.0315. The Labute approximate surface area is 141 Å². The first kappa shape index (κ1) is 17.8. The number of rotatable bonds is 5. The van der Waals surface area contributed by atoms with Crippen molar-refractivity contribution in [2.75, 3.05) is 39.6 Å². The van der Waals surface area contributed by atoms with Gasteiger partial charge in [-0.05, 0) is 31.5 Å². The van der Waals surface area contributed by atoms with E-state index in [9.17, 15) is 12.8 Å². The van der Waals surface area contributed by atoms with Gasteiger partial charge in [-0.15, -0.1) is 0 Å². The van der Waals surface area contributed by atoms with Gasteiger partial charge in [-0.2, -0.15) is 4.31 Å². The number of halogens is 1. The van der Waals surface area contributed by atoms with Gasteiger partial charge in [0.25, 0.3) is 0 Å². The van der Waals surface area contributed by atoms with Crippen molar-refractivity contribution in [3.8, 4) is 0 Å². The van der Waals surface area contributed by atoms with Crippen molar-refractivity contribution in [3.63, 3.8) is 0 Å².